The van der Waals surface area contributed by atoms with Crippen LogP contribution in [0.25, 0.3) is 0 Å². The van der Waals surface area contributed by atoms with E-state index in [4.69, 9.17) is 10.5 Å². The molecule has 0 radical (unpaired) electrons. The first-order chi connectivity index (χ1) is 8.26. The molecule has 1 atom stereocenters. The van der Waals surface area contributed by atoms with E-state index in [-0.39, 0.29) is 17.4 Å². The van der Waals surface area contributed by atoms with Crippen LogP contribution in [0, 0.1) is 5.92 Å². The highest BCUT2D eigenvalue weighted by Gasteiger charge is 2.35. The lowest BCUT2D eigenvalue weighted by Gasteiger charge is -2.30. The van der Waals surface area contributed by atoms with Gasteiger partial charge in [-0.3, -0.25) is 4.79 Å². The van der Waals surface area contributed by atoms with Gasteiger partial charge in [0.15, 0.2) is 0 Å². The number of carbonyl (C=O) groups is 1. The van der Waals surface area contributed by atoms with E-state index in [1.54, 1.807) is 0 Å². The third-order valence-electron chi connectivity index (χ3n) is 3.63. The zero-order valence-electron chi connectivity index (χ0n) is 12.4. The maximum absolute atomic E-state index is 12.2. The van der Waals surface area contributed by atoms with Crippen molar-refractivity contribution in [3.8, 4) is 0 Å². The molecule has 0 spiro atoms. The first-order valence-electron chi connectivity index (χ1n) is 7.27. The minimum atomic E-state index is -0.402. The Balaban J connectivity index is 2.61. The SMILES string of the molecule is CCC[C@H](CC1(N)CCCC1)C(=O)OC(C)(C)C. The van der Waals surface area contributed by atoms with Gasteiger partial charge in [0.1, 0.15) is 5.60 Å². The molecule has 1 saturated carbocycles. The number of rotatable bonds is 5. The highest BCUT2D eigenvalue weighted by atomic mass is 16.6. The lowest BCUT2D eigenvalue weighted by molar-refractivity contribution is -0.161. The van der Waals surface area contributed by atoms with Crippen molar-refractivity contribution >= 4 is 5.97 Å². The van der Waals surface area contributed by atoms with Crippen LogP contribution in [-0.4, -0.2) is 17.1 Å². The fourth-order valence-corrected chi connectivity index (χ4v) is 2.81. The predicted octanol–water partition coefficient (Wildman–Crippen LogP) is 3.41. The molecule has 2 N–H and O–H groups in total. The van der Waals surface area contributed by atoms with Gasteiger partial charge < -0.3 is 10.5 Å². The maximum Gasteiger partial charge on any atom is 0.309 e. The molecule has 1 rings (SSSR count). The summed E-state index contributed by atoms with van der Waals surface area (Å²) >= 11 is 0. The van der Waals surface area contributed by atoms with E-state index in [9.17, 15) is 4.79 Å². The lowest BCUT2D eigenvalue weighted by Crippen LogP contribution is -2.41. The van der Waals surface area contributed by atoms with Crippen LogP contribution in [0.1, 0.15) is 72.6 Å². The molecule has 0 unspecified atom stereocenters. The topological polar surface area (TPSA) is 52.3 Å². The van der Waals surface area contributed by atoms with E-state index in [0.29, 0.717) is 0 Å². The normalized spacial score (nSPS) is 20.7. The molecule has 0 aromatic heterocycles. The molecule has 0 saturated heterocycles. The summed E-state index contributed by atoms with van der Waals surface area (Å²) in [6.07, 6.45) is 7.17. The summed E-state index contributed by atoms with van der Waals surface area (Å²) in [5.74, 6) is -0.0987. The molecule has 18 heavy (non-hydrogen) atoms. The summed E-state index contributed by atoms with van der Waals surface area (Å²) in [5.41, 5.74) is 5.85. The fraction of sp³-hybridized carbons (Fsp3) is 0.933. The molecular weight excluding hydrogens is 226 g/mol. The Kier molecular flexibility index (Phi) is 5.20. The Morgan fingerprint density at radius 3 is 2.33 bits per heavy atom. The van der Waals surface area contributed by atoms with Gasteiger partial charge in [-0.2, -0.15) is 0 Å². The molecule has 1 fully saturated rings. The Hall–Kier alpha value is -0.570. The van der Waals surface area contributed by atoms with Crippen molar-refractivity contribution in [2.75, 3.05) is 0 Å². The third kappa shape index (κ3) is 4.97. The van der Waals surface area contributed by atoms with Gasteiger partial charge in [-0.05, 0) is 46.5 Å². The van der Waals surface area contributed by atoms with Crippen LogP contribution in [0.2, 0.25) is 0 Å². The van der Waals surface area contributed by atoms with Crippen LogP contribution in [-0.2, 0) is 9.53 Å². The average molecular weight is 255 g/mol. The second-order valence-corrected chi connectivity index (χ2v) is 6.79. The molecule has 3 nitrogen and oxygen atoms in total. The second kappa shape index (κ2) is 6.05. The number of esters is 1. The first kappa shape index (κ1) is 15.5. The van der Waals surface area contributed by atoms with Gasteiger partial charge in [-0.25, -0.2) is 0 Å². The van der Waals surface area contributed by atoms with Crippen molar-refractivity contribution in [1.29, 1.82) is 0 Å². The van der Waals surface area contributed by atoms with Crippen LogP contribution >= 0.6 is 0 Å². The zero-order chi connectivity index (χ0) is 13.8. The number of ether oxygens (including phenoxy) is 1. The summed E-state index contributed by atoms with van der Waals surface area (Å²) < 4.78 is 5.51. The summed E-state index contributed by atoms with van der Waals surface area (Å²) in [6, 6.07) is 0. The van der Waals surface area contributed by atoms with Crippen molar-refractivity contribution < 1.29 is 9.53 Å². The van der Waals surface area contributed by atoms with E-state index < -0.39 is 5.60 Å². The minimum absolute atomic E-state index is 0.0303. The van der Waals surface area contributed by atoms with Gasteiger partial charge in [-0.15, -0.1) is 0 Å². The molecule has 1 aliphatic carbocycles. The molecule has 106 valence electrons. The quantitative estimate of drug-likeness (QED) is 0.766. The minimum Gasteiger partial charge on any atom is -0.460 e. The summed E-state index contributed by atoms with van der Waals surface area (Å²) in [7, 11) is 0. The number of hydrogen-bond donors (Lipinski definition) is 1. The van der Waals surface area contributed by atoms with Crippen molar-refractivity contribution in [2.24, 2.45) is 11.7 Å². The molecule has 0 heterocycles. The third-order valence-corrected chi connectivity index (χ3v) is 3.63. The molecular formula is C15H29NO2. The van der Waals surface area contributed by atoms with E-state index in [0.717, 1.165) is 32.1 Å². The Morgan fingerprint density at radius 2 is 1.89 bits per heavy atom. The van der Waals surface area contributed by atoms with Crippen molar-refractivity contribution in [2.45, 2.75) is 83.8 Å². The zero-order valence-corrected chi connectivity index (χ0v) is 12.4. The number of hydrogen-bond acceptors (Lipinski definition) is 3. The Labute approximate surface area is 111 Å². The first-order valence-corrected chi connectivity index (χ1v) is 7.27. The van der Waals surface area contributed by atoms with Crippen molar-refractivity contribution in [3.63, 3.8) is 0 Å². The molecule has 0 bridgehead atoms. The highest BCUT2D eigenvalue weighted by Crippen LogP contribution is 2.34. The van der Waals surface area contributed by atoms with Crippen molar-refractivity contribution in [1.82, 2.24) is 0 Å². The Morgan fingerprint density at radius 1 is 1.33 bits per heavy atom. The van der Waals surface area contributed by atoms with Gasteiger partial charge in [0, 0.05) is 5.54 Å². The molecule has 0 aliphatic heterocycles. The Bertz CT molecular complexity index is 275. The van der Waals surface area contributed by atoms with Gasteiger partial charge in [-0.1, -0.05) is 26.2 Å². The van der Waals surface area contributed by atoms with E-state index in [1.807, 2.05) is 20.8 Å². The van der Waals surface area contributed by atoms with Gasteiger partial charge in [0.25, 0.3) is 0 Å². The summed E-state index contributed by atoms with van der Waals surface area (Å²) in [4.78, 5) is 12.2. The monoisotopic (exact) mass is 255 g/mol. The fourth-order valence-electron chi connectivity index (χ4n) is 2.81. The molecule has 1 aliphatic rings. The largest absolute Gasteiger partial charge is 0.460 e. The predicted molar refractivity (Wildman–Crippen MR) is 74.2 cm³/mol. The standard InChI is InChI=1S/C15H29NO2/c1-5-8-12(13(17)18-14(2,3)4)11-15(16)9-6-7-10-15/h12H,5-11,16H2,1-4H3/t12-/m1/s1. The lowest BCUT2D eigenvalue weighted by atomic mass is 9.84. The van der Waals surface area contributed by atoms with E-state index in [1.165, 1.54) is 12.8 Å². The van der Waals surface area contributed by atoms with E-state index >= 15 is 0 Å². The van der Waals surface area contributed by atoms with Crippen molar-refractivity contribution in [3.05, 3.63) is 0 Å². The highest BCUT2D eigenvalue weighted by molar-refractivity contribution is 5.73. The number of carbonyl (C=O) groups excluding carboxylic acids is 1. The molecule has 0 amide bonds. The van der Waals surface area contributed by atoms with Gasteiger partial charge in [0.05, 0.1) is 5.92 Å². The molecule has 0 aromatic rings. The van der Waals surface area contributed by atoms with Gasteiger partial charge >= 0.3 is 5.97 Å². The van der Waals surface area contributed by atoms with Gasteiger partial charge in [0.2, 0.25) is 0 Å². The number of nitrogens with two attached hydrogens (primary N) is 1. The van der Waals surface area contributed by atoms with E-state index in [2.05, 4.69) is 6.92 Å². The maximum atomic E-state index is 12.2. The smallest absolute Gasteiger partial charge is 0.309 e. The second-order valence-electron chi connectivity index (χ2n) is 6.79. The van der Waals surface area contributed by atoms with Crippen LogP contribution in [0.15, 0.2) is 0 Å². The summed E-state index contributed by atoms with van der Waals surface area (Å²) in [6.45, 7) is 7.86. The van der Waals surface area contributed by atoms with Crippen LogP contribution < -0.4 is 5.73 Å². The van der Waals surface area contributed by atoms with Crippen LogP contribution in [0.4, 0.5) is 0 Å². The van der Waals surface area contributed by atoms with Crippen LogP contribution in [0.3, 0.4) is 0 Å². The molecule has 0 aromatic carbocycles. The average Bonchev–Trinajstić information content (AvgIpc) is 2.62. The molecule has 3 heteroatoms. The summed E-state index contributed by atoms with van der Waals surface area (Å²) in [5, 5.41) is 0. The van der Waals surface area contributed by atoms with Crippen LogP contribution in [0.5, 0.6) is 0 Å².